The normalized spacial score (nSPS) is 18.1. The third-order valence-corrected chi connectivity index (χ3v) is 3.84. The highest BCUT2D eigenvalue weighted by Crippen LogP contribution is 2.28. The summed E-state index contributed by atoms with van der Waals surface area (Å²) >= 11 is 0. The van der Waals surface area contributed by atoms with E-state index in [0.29, 0.717) is 12.0 Å². The van der Waals surface area contributed by atoms with E-state index in [1.165, 1.54) is 25.7 Å². The van der Waals surface area contributed by atoms with Gasteiger partial charge >= 0.3 is 0 Å². The zero-order valence-electron chi connectivity index (χ0n) is 11.4. The maximum Gasteiger partial charge on any atom is 0.253 e. The molecule has 0 spiro atoms. The molecular weight excluding hydrogens is 226 g/mol. The average molecular weight is 249 g/mol. The van der Waals surface area contributed by atoms with E-state index in [-0.39, 0.29) is 5.56 Å². The molecule has 1 atom stereocenters. The van der Waals surface area contributed by atoms with Gasteiger partial charge < -0.3 is 5.32 Å². The van der Waals surface area contributed by atoms with Gasteiger partial charge in [-0.15, -0.1) is 0 Å². The van der Waals surface area contributed by atoms with E-state index in [0.717, 1.165) is 18.8 Å². The molecule has 4 heteroatoms. The second-order valence-corrected chi connectivity index (χ2v) is 5.23. The molecule has 0 aromatic carbocycles. The fourth-order valence-electron chi connectivity index (χ4n) is 2.87. The Morgan fingerprint density at radius 3 is 2.83 bits per heavy atom. The number of aryl methyl sites for hydroxylation is 1. The minimum atomic E-state index is 0.0587. The molecular formula is C14H23N3O. The van der Waals surface area contributed by atoms with Gasteiger partial charge in [-0.3, -0.25) is 9.36 Å². The van der Waals surface area contributed by atoms with Gasteiger partial charge in [-0.25, -0.2) is 4.98 Å². The van der Waals surface area contributed by atoms with Gasteiger partial charge in [0.2, 0.25) is 0 Å². The zero-order chi connectivity index (χ0) is 13.0. The highest BCUT2D eigenvalue weighted by molar-refractivity contribution is 4.96. The molecule has 0 aliphatic heterocycles. The summed E-state index contributed by atoms with van der Waals surface area (Å²) in [6, 6.07) is 2.01. The first-order valence-corrected chi connectivity index (χ1v) is 6.97. The van der Waals surface area contributed by atoms with Crippen molar-refractivity contribution in [3.05, 3.63) is 28.4 Å². The molecule has 1 N–H and O–H groups in total. The van der Waals surface area contributed by atoms with E-state index in [1.54, 1.807) is 17.0 Å². The average Bonchev–Trinajstić information content (AvgIpc) is 2.85. The third kappa shape index (κ3) is 3.19. The number of likely N-dealkylation sites (N-methyl/N-ethyl adjacent to an activating group) is 1. The molecule has 1 aromatic heterocycles. The van der Waals surface area contributed by atoms with Crippen LogP contribution in [0.15, 0.2) is 17.2 Å². The Hall–Kier alpha value is -1.16. The minimum Gasteiger partial charge on any atom is -0.312 e. The van der Waals surface area contributed by atoms with Crippen molar-refractivity contribution >= 4 is 0 Å². The van der Waals surface area contributed by atoms with Gasteiger partial charge in [-0.2, -0.15) is 0 Å². The molecule has 4 nitrogen and oxygen atoms in total. The number of hydrogen-bond donors (Lipinski definition) is 1. The SMILES string of the molecule is CCNC(Cn1cnc(C)cc1=O)C1CCCC1. The van der Waals surface area contributed by atoms with Crippen LogP contribution in [0.25, 0.3) is 0 Å². The van der Waals surface area contributed by atoms with E-state index >= 15 is 0 Å². The van der Waals surface area contributed by atoms with Gasteiger partial charge in [-0.1, -0.05) is 19.8 Å². The van der Waals surface area contributed by atoms with Crippen LogP contribution < -0.4 is 10.9 Å². The summed E-state index contributed by atoms with van der Waals surface area (Å²) in [5.41, 5.74) is 0.848. The summed E-state index contributed by atoms with van der Waals surface area (Å²) in [7, 11) is 0. The van der Waals surface area contributed by atoms with E-state index in [2.05, 4.69) is 17.2 Å². The van der Waals surface area contributed by atoms with Gasteiger partial charge in [0.25, 0.3) is 5.56 Å². The Bertz CT molecular complexity index is 435. The van der Waals surface area contributed by atoms with Crippen LogP contribution in [0, 0.1) is 12.8 Å². The Kier molecular flexibility index (Phi) is 4.53. The molecule has 0 amide bonds. The predicted molar refractivity (Wildman–Crippen MR) is 72.7 cm³/mol. The molecule has 100 valence electrons. The fourth-order valence-corrected chi connectivity index (χ4v) is 2.87. The van der Waals surface area contributed by atoms with Crippen LogP contribution in [0.1, 0.15) is 38.3 Å². The van der Waals surface area contributed by atoms with Crippen LogP contribution in [0.4, 0.5) is 0 Å². The largest absolute Gasteiger partial charge is 0.312 e. The smallest absolute Gasteiger partial charge is 0.253 e. The van der Waals surface area contributed by atoms with Crippen molar-refractivity contribution < 1.29 is 0 Å². The lowest BCUT2D eigenvalue weighted by Crippen LogP contribution is -2.41. The van der Waals surface area contributed by atoms with Crippen molar-refractivity contribution in [1.82, 2.24) is 14.9 Å². The highest BCUT2D eigenvalue weighted by atomic mass is 16.1. The second kappa shape index (κ2) is 6.14. The van der Waals surface area contributed by atoms with E-state index in [4.69, 9.17) is 0 Å². The van der Waals surface area contributed by atoms with Crippen LogP contribution in [-0.2, 0) is 6.54 Å². The molecule has 1 saturated carbocycles. The molecule has 0 bridgehead atoms. The fraction of sp³-hybridized carbons (Fsp3) is 0.714. The maximum atomic E-state index is 11.9. The topological polar surface area (TPSA) is 46.9 Å². The lowest BCUT2D eigenvalue weighted by Gasteiger charge is -2.24. The first-order chi connectivity index (χ1) is 8.70. The summed E-state index contributed by atoms with van der Waals surface area (Å²) in [4.78, 5) is 16.1. The number of nitrogens with one attached hydrogen (secondary N) is 1. The monoisotopic (exact) mass is 249 g/mol. The lowest BCUT2D eigenvalue weighted by atomic mass is 9.98. The minimum absolute atomic E-state index is 0.0587. The zero-order valence-corrected chi connectivity index (χ0v) is 11.4. The second-order valence-electron chi connectivity index (χ2n) is 5.23. The quantitative estimate of drug-likeness (QED) is 0.864. The van der Waals surface area contributed by atoms with Crippen molar-refractivity contribution in [2.75, 3.05) is 6.54 Å². The van der Waals surface area contributed by atoms with E-state index in [1.807, 2.05) is 6.92 Å². The van der Waals surface area contributed by atoms with Crippen molar-refractivity contribution in [2.24, 2.45) is 5.92 Å². The third-order valence-electron chi connectivity index (χ3n) is 3.84. The number of aromatic nitrogens is 2. The van der Waals surface area contributed by atoms with Crippen LogP contribution in [0.2, 0.25) is 0 Å². The number of nitrogens with zero attached hydrogens (tertiary/aromatic N) is 2. The van der Waals surface area contributed by atoms with Crippen LogP contribution in [-0.4, -0.2) is 22.1 Å². The first kappa shape index (κ1) is 13.3. The Morgan fingerprint density at radius 1 is 1.50 bits per heavy atom. The maximum absolute atomic E-state index is 11.9. The van der Waals surface area contributed by atoms with Gasteiger partial charge in [-0.05, 0) is 32.2 Å². The molecule has 1 aliphatic carbocycles. The summed E-state index contributed by atoms with van der Waals surface area (Å²) < 4.78 is 1.73. The first-order valence-electron chi connectivity index (χ1n) is 6.97. The Balaban J connectivity index is 2.09. The molecule has 1 fully saturated rings. The summed E-state index contributed by atoms with van der Waals surface area (Å²) in [6.45, 7) is 5.67. The van der Waals surface area contributed by atoms with Crippen LogP contribution >= 0.6 is 0 Å². The van der Waals surface area contributed by atoms with Gasteiger partial charge in [0.05, 0.1) is 6.33 Å². The molecule has 0 saturated heterocycles. The summed E-state index contributed by atoms with van der Waals surface area (Å²) in [5, 5.41) is 3.53. The van der Waals surface area contributed by atoms with Crippen molar-refractivity contribution in [3.8, 4) is 0 Å². The van der Waals surface area contributed by atoms with Crippen molar-refractivity contribution in [1.29, 1.82) is 0 Å². The lowest BCUT2D eigenvalue weighted by molar-refractivity contribution is 0.323. The highest BCUT2D eigenvalue weighted by Gasteiger charge is 2.24. The molecule has 1 aliphatic rings. The standard InChI is InChI=1S/C14H23N3O/c1-3-15-13(12-6-4-5-7-12)9-17-10-16-11(2)8-14(17)18/h8,10,12-13,15H,3-7,9H2,1-2H3. The molecule has 18 heavy (non-hydrogen) atoms. The Morgan fingerprint density at radius 2 is 2.22 bits per heavy atom. The number of rotatable bonds is 5. The molecule has 0 radical (unpaired) electrons. The van der Waals surface area contributed by atoms with Gasteiger partial charge in [0.15, 0.2) is 0 Å². The van der Waals surface area contributed by atoms with E-state index in [9.17, 15) is 4.79 Å². The summed E-state index contributed by atoms with van der Waals surface area (Å²) in [5.74, 6) is 0.707. The molecule has 1 unspecified atom stereocenters. The van der Waals surface area contributed by atoms with E-state index < -0.39 is 0 Å². The molecule has 2 rings (SSSR count). The predicted octanol–water partition coefficient (Wildman–Crippen LogP) is 1.72. The Labute approximate surface area is 108 Å². The number of hydrogen-bond acceptors (Lipinski definition) is 3. The van der Waals surface area contributed by atoms with Gasteiger partial charge in [0, 0.05) is 24.3 Å². The van der Waals surface area contributed by atoms with Crippen molar-refractivity contribution in [3.63, 3.8) is 0 Å². The summed E-state index contributed by atoms with van der Waals surface area (Å²) in [6.07, 6.45) is 6.90. The molecule has 1 aromatic rings. The van der Waals surface area contributed by atoms with Gasteiger partial charge in [0.1, 0.15) is 0 Å². The van der Waals surface area contributed by atoms with Crippen LogP contribution in [0.5, 0.6) is 0 Å². The van der Waals surface area contributed by atoms with Crippen LogP contribution in [0.3, 0.4) is 0 Å². The van der Waals surface area contributed by atoms with Crippen molar-refractivity contribution in [2.45, 2.75) is 52.1 Å². The molecule has 1 heterocycles.